The topological polar surface area (TPSA) is 351 Å². The molecule has 17 atom stereocenters. The van der Waals surface area contributed by atoms with Gasteiger partial charge < -0.3 is 93.3 Å². The Bertz CT molecular complexity index is 1010. The van der Waals surface area contributed by atoms with Gasteiger partial charge in [0.25, 0.3) is 0 Å². The molecule has 2 amide bonds. The predicted molar refractivity (Wildman–Crippen MR) is 162 cm³/mol. The number of urea groups is 1. The molecule has 4 rings (SSSR count). The number of hydrogen-bond donors (Lipinski definition) is 13. The van der Waals surface area contributed by atoms with Gasteiger partial charge in [-0.1, -0.05) is 0 Å². The van der Waals surface area contributed by atoms with Gasteiger partial charge in [0.15, 0.2) is 18.9 Å². The Balaban J connectivity index is 1.55. The Labute approximate surface area is 277 Å². The van der Waals surface area contributed by atoms with Crippen molar-refractivity contribution in [3.05, 3.63) is 0 Å². The standard InChI is InChI=1S/C27H54N8O13/c1-33-8-10-2-3-11(30)24(43-10)46-21-12(31)6-13(34-27(41)35(42)5-4-28)17(37)23(21)48-26-20(40)22(15(9-36)45-26)47-25-16(32)19(39)18(38)14(7-29)44-25/h10-26,33,36-40,42H,2-9,28-32H2,1H3,(H,34,41)/t10-,11+,12-,13+,14-,15+,16+,17-,18+,19+,20+,21+,22+,23+,24+,25+,26-/m0/s1. The van der Waals surface area contributed by atoms with Crippen molar-refractivity contribution < 1.29 is 64.0 Å². The van der Waals surface area contributed by atoms with Crippen molar-refractivity contribution in [1.82, 2.24) is 15.7 Å². The van der Waals surface area contributed by atoms with Crippen molar-refractivity contribution in [2.75, 3.05) is 39.8 Å². The van der Waals surface area contributed by atoms with Crippen LogP contribution in [0.1, 0.15) is 19.3 Å². The van der Waals surface area contributed by atoms with Crippen LogP contribution in [0.5, 0.6) is 0 Å². The fourth-order valence-electron chi connectivity index (χ4n) is 6.42. The molecule has 0 bridgehead atoms. The summed E-state index contributed by atoms with van der Waals surface area (Å²) in [4.78, 5) is 12.6. The Morgan fingerprint density at radius 1 is 0.833 bits per heavy atom. The maximum Gasteiger partial charge on any atom is 0.341 e. The van der Waals surface area contributed by atoms with Crippen LogP contribution in [0.4, 0.5) is 4.79 Å². The van der Waals surface area contributed by atoms with E-state index in [1.807, 2.05) is 0 Å². The number of amides is 2. The van der Waals surface area contributed by atoms with Gasteiger partial charge in [0.05, 0.1) is 37.4 Å². The average Bonchev–Trinajstić information content (AvgIpc) is 3.36. The van der Waals surface area contributed by atoms with Crippen LogP contribution in [0.15, 0.2) is 0 Å². The SMILES string of the molecule is CNC[C@@H]1CC[C@@H](N)[C@@H](O[C@H]2[C@H](O[C@@H]3O[C@H](CO)[C@@H](O[C@H]4O[C@@H](CN)[C@@H](O)[C@H](O)[C@H]4N)[C@H]3O)[C@@H](O)[C@H](NC(=O)N(O)CCN)C[C@@H]2N)O1. The molecule has 3 saturated heterocycles. The number of nitrogens with one attached hydrogen (secondary N) is 2. The lowest BCUT2D eigenvalue weighted by atomic mass is 9.83. The second-order valence-corrected chi connectivity index (χ2v) is 12.6. The lowest BCUT2D eigenvalue weighted by molar-refractivity contribution is -0.289. The van der Waals surface area contributed by atoms with Crippen LogP contribution in [-0.2, 0) is 28.4 Å². The fraction of sp³-hybridized carbons (Fsp3) is 0.963. The molecular weight excluding hydrogens is 644 g/mol. The summed E-state index contributed by atoms with van der Waals surface area (Å²) < 4.78 is 35.8. The van der Waals surface area contributed by atoms with E-state index in [2.05, 4.69) is 10.6 Å². The van der Waals surface area contributed by atoms with Crippen LogP contribution in [0.3, 0.4) is 0 Å². The van der Waals surface area contributed by atoms with Gasteiger partial charge in [0.2, 0.25) is 0 Å². The molecular formula is C27H54N8O13. The molecule has 4 fully saturated rings. The molecule has 0 radical (unpaired) electrons. The van der Waals surface area contributed by atoms with E-state index in [1.165, 1.54) is 0 Å². The van der Waals surface area contributed by atoms with E-state index >= 15 is 0 Å². The Hall–Kier alpha value is -1.45. The number of hydroxylamine groups is 2. The first-order chi connectivity index (χ1) is 22.8. The quantitative estimate of drug-likeness (QED) is 0.0627. The van der Waals surface area contributed by atoms with Gasteiger partial charge in [-0.05, 0) is 26.3 Å². The number of aliphatic hydroxyl groups is 5. The summed E-state index contributed by atoms with van der Waals surface area (Å²) in [6.45, 7) is -0.509. The fourth-order valence-corrected chi connectivity index (χ4v) is 6.42. The van der Waals surface area contributed by atoms with Crippen molar-refractivity contribution in [2.45, 2.75) is 123 Å². The number of nitrogens with zero attached hydrogens (tertiary/aromatic N) is 1. The summed E-state index contributed by atoms with van der Waals surface area (Å²) in [5.74, 6) is 0. The summed E-state index contributed by atoms with van der Waals surface area (Å²) in [5, 5.41) is 69.5. The number of likely N-dealkylation sites (N-methyl/N-ethyl adjacent to an activating group) is 1. The molecule has 0 aromatic rings. The highest BCUT2D eigenvalue weighted by Crippen LogP contribution is 2.34. The Morgan fingerprint density at radius 2 is 1.50 bits per heavy atom. The lowest BCUT2D eigenvalue weighted by Crippen LogP contribution is -2.67. The summed E-state index contributed by atoms with van der Waals surface area (Å²) in [7, 11) is 1.78. The highest BCUT2D eigenvalue weighted by Gasteiger charge is 2.54. The zero-order valence-corrected chi connectivity index (χ0v) is 26.8. The molecule has 48 heavy (non-hydrogen) atoms. The minimum Gasteiger partial charge on any atom is -0.394 e. The van der Waals surface area contributed by atoms with Gasteiger partial charge in [0.1, 0.15) is 54.9 Å². The summed E-state index contributed by atoms with van der Waals surface area (Å²) in [6.07, 6.45) is -15.0. The van der Waals surface area contributed by atoms with Gasteiger partial charge in [0, 0.05) is 25.7 Å². The molecule has 21 nitrogen and oxygen atoms in total. The number of carbonyl (C=O) groups is 1. The molecule has 0 aromatic heterocycles. The zero-order valence-electron chi connectivity index (χ0n) is 26.8. The number of aliphatic hydroxyl groups excluding tert-OH is 5. The third-order valence-electron chi connectivity index (χ3n) is 9.16. The lowest BCUT2D eigenvalue weighted by Gasteiger charge is -2.46. The molecule has 3 heterocycles. The van der Waals surface area contributed by atoms with Gasteiger partial charge in [-0.25, -0.2) is 9.86 Å². The number of hydrogen-bond acceptors (Lipinski definition) is 19. The molecule has 18 N–H and O–H groups in total. The van der Waals surface area contributed by atoms with Gasteiger partial charge in [-0.3, -0.25) is 5.21 Å². The average molecular weight is 699 g/mol. The molecule has 0 aromatic carbocycles. The Kier molecular flexibility index (Phi) is 14.5. The molecule has 1 aliphatic carbocycles. The van der Waals surface area contributed by atoms with Crippen molar-refractivity contribution in [1.29, 1.82) is 0 Å². The van der Waals surface area contributed by atoms with E-state index in [0.717, 1.165) is 0 Å². The van der Waals surface area contributed by atoms with E-state index < -0.39 is 111 Å². The number of nitrogens with two attached hydrogens (primary N) is 5. The second-order valence-electron chi connectivity index (χ2n) is 12.6. The van der Waals surface area contributed by atoms with Crippen molar-refractivity contribution in [3.8, 4) is 0 Å². The first kappa shape index (κ1) is 39.3. The van der Waals surface area contributed by atoms with Crippen molar-refractivity contribution in [3.63, 3.8) is 0 Å². The second kappa shape index (κ2) is 17.7. The van der Waals surface area contributed by atoms with Crippen molar-refractivity contribution >= 4 is 6.03 Å². The van der Waals surface area contributed by atoms with E-state index in [9.17, 15) is 35.5 Å². The summed E-state index contributed by atoms with van der Waals surface area (Å²) in [6, 6.07) is -4.72. The number of ether oxygens (including phenoxy) is 6. The maximum absolute atomic E-state index is 12.6. The maximum atomic E-state index is 12.6. The van der Waals surface area contributed by atoms with Crippen molar-refractivity contribution in [2.24, 2.45) is 28.7 Å². The third-order valence-corrected chi connectivity index (χ3v) is 9.16. The molecule has 280 valence electrons. The first-order valence-corrected chi connectivity index (χ1v) is 16.2. The number of carbonyl (C=O) groups excluding carboxylic acids is 1. The molecule has 3 aliphatic heterocycles. The van der Waals surface area contributed by atoms with Crippen LogP contribution < -0.4 is 39.3 Å². The van der Waals surface area contributed by atoms with Crippen LogP contribution in [0, 0.1) is 0 Å². The van der Waals surface area contributed by atoms with Crippen LogP contribution in [0.25, 0.3) is 0 Å². The van der Waals surface area contributed by atoms with Gasteiger partial charge in [-0.15, -0.1) is 0 Å². The van der Waals surface area contributed by atoms with E-state index in [1.54, 1.807) is 7.05 Å². The number of rotatable bonds is 13. The first-order valence-electron chi connectivity index (χ1n) is 16.2. The minimum atomic E-state index is -1.64. The largest absolute Gasteiger partial charge is 0.394 e. The monoisotopic (exact) mass is 698 g/mol. The van der Waals surface area contributed by atoms with Gasteiger partial charge in [-0.2, -0.15) is 0 Å². The zero-order chi connectivity index (χ0) is 35.3. The summed E-state index contributed by atoms with van der Waals surface area (Å²) >= 11 is 0. The highest BCUT2D eigenvalue weighted by atomic mass is 16.8. The van der Waals surface area contributed by atoms with E-state index in [0.29, 0.717) is 24.4 Å². The van der Waals surface area contributed by atoms with Crippen LogP contribution in [0.2, 0.25) is 0 Å². The van der Waals surface area contributed by atoms with Crippen LogP contribution in [-0.4, -0.2) is 186 Å². The molecule has 1 saturated carbocycles. The molecule has 0 spiro atoms. The van der Waals surface area contributed by atoms with E-state index in [-0.39, 0.29) is 32.2 Å². The smallest absolute Gasteiger partial charge is 0.341 e. The molecule has 21 heteroatoms. The van der Waals surface area contributed by atoms with Crippen LogP contribution >= 0.6 is 0 Å². The minimum absolute atomic E-state index is 0.0239. The van der Waals surface area contributed by atoms with Gasteiger partial charge >= 0.3 is 6.03 Å². The van der Waals surface area contributed by atoms with E-state index in [4.69, 9.17) is 57.1 Å². The highest BCUT2D eigenvalue weighted by molar-refractivity contribution is 5.73. The predicted octanol–water partition coefficient (Wildman–Crippen LogP) is -7.18. The molecule has 0 unspecified atom stereocenters. The molecule has 4 aliphatic rings. The summed E-state index contributed by atoms with van der Waals surface area (Å²) in [5.41, 5.74) is 30.0. The normalized spacial score (nSPS) is 45.2. The third kappa shape index (κ3) is 8.88. The Morgan fingerprint density at radius 3 is 2.15 bits per heavy atom.